The summed E-state index contributed by atoms with van der Waals surface area (Å²) in [5.41, 5.74) is 0. The lowest BCUT2D eigenvalue weighted by molar-refractivity contribution is -0.167. The standard InChI is InChI=1S/C77H122O6/c1-4-7-10-13-16-19-22-25-27-29-31-32-33-34-35-36-37-38-39-40-41-42-43-44-46-47-49-52-55-58-61-64-67-70-76(79)82-73-74(72-81-75(78)69-66-63-60-57-54-51-24-21-18-15-12-9-6-3)83-77(80)71-68-65-62-59-56-53-50-48-45-30-28-26-23-20-17-14-11-8-5-2/h7-8,10-11,16-17,19-21,24-28,31-32,34-35,37-38,40-41,43-45,47-49,74H,4-6,9,12-15,18,22-23,29-30,33,36,39,42,46,50-73H2,1-3H3/b10-7-,11-8-,19-16-,20-17-,24-21-,27-25-,28-26-,32-31-,35-34-,38-37-,41-40-,44-43-,48-45-,49-47-. The highest BCUT2D eigenvalue weighted by Crippen LogP contribution is 2.14. The maximum absolute atomic E-state index is 12.9. The molecule has 0 aliphatic heterocycles. The van der Waals surface area contributed by atoms with E-state index in [0.717, 1.165) is 186 Å². The molecule has 0 radical (unpaired) electrons. The van der Waals surface area contributed by atoms with Crippen LogP contribution in [0.15, 0.2) is 170 Å². The minimum atomic E-state index is -0.807. The van der Waals surface area contributed by atoms with E-state index < -0.39 is 6.10 Å². The molecule has 0 aliphatic rings. The molecule has 0 saturated heterocycles. The van der Waals surface area contributed by atoms with Gasteiger partial charge in [-0.25, -0.2) is 0 Å². The Morgan fingerprint density at radius 2 is 0.470 bits per heavy atom. The number of carbonyl (C=O) groups excluding carboxylic acids is 3. The third-order valence-corrected chi connectivity index (χ3v) is 13.7. The van der Waals surface area contributed by atoms with Crippen LogP contribution in [0.5, 0.6) is 0 Å². The van der Waals surface area contributed by atoms with Crippen molar-refractivity contribution in [2.45, 2.75) is 284 Å². The van der Waals surface area contributed by atoms with Gasteiger partial charge in [0.1, 0.15) is 13.2 Å². The second-order valence-electron chi connectivity index (χ2n) is 21.6. The molecule has 1 unspecified atom stereocenters. The zero-order valence-electron chi connectivity index (χ0n) is 53.4. The van der Waals surface area contributed by atoms with Crippen LogP contribution in [-0.4, -0.2) is 37.2 Å². The van der Waals surface area contributed by atoms with E-state index in [0.29, 0.717) is 19.3 Å². The maximum Gasteiger partial charge on any atom is 0.306 e. The van der Waals surface area contributed by atoms with Gasteiger partial charge in [0.05, 0.1) is 0 Å². The predicted molar refractivity (Wildman–Crippen MR) is 361 cm³/mol. The first-order valence-electron chi connectivity index (χ1n) is 33.6. The van der Waals surface area contributed by atoms with Crippen molar-refractivity contribution in [1.29, 1.82) is 0 Å². The second-order valence-corrected chi connectivity index (χ2v) is 21.6. The van der Waals surface area contributed by atoms with E-state index in [1.54, 1.807) is 0 Å². The second kappa shape index (κ2) is 69.3. The lowest BCUT2D eigenvalue weighted by Gasteiger charge is -2.18. The van der Waals surface area contributed by atoms with Crippen molar-refractivity contribution in [3.63, 3.8) is 0 Å². The van der Waals surface area contributed by atoms with Gasteiger partial charge in [-0.3, -0.25) is 14.4 Å². The summed E-state index contributed by atoms with van der Waals surface area (Å²) < 4.78 is 16.9. The number of carbonyl (C=O) groups is 3. The minimum absolute atomic E-state index is 0.101. The number of unbranched alkanes of at least 4 members (excludes halogenated alkanes) is 20. The van der Waals surface area contributed by atoms with Crippen LogP contribution in [0.3, 0.4) is 0 Å². The van der Waals surface area contributed by atoms with Crippen LogP contribution < -0.4 is 0 Å². The van der Waals surface area contributed by atoms with E-state index in [2.05, 4.69) is 191 Å². The van der Waals surface area contributed by atoms with Gasteiger partial charge in [0, 0.05) is 19.3 Å². The Bertz CT molecular complexity index is 1890. The van der Waals surface area contributed by atoms with E-state index in [-0.39, 0.29) is 31.1 Å². The highest BCUT2D eigenvalue weighted by molar-refractivity contribution is 5.71. The average Bonchev–Trinajstić information content (AvgIpc) is 3.49. The van der Waals surface area contributed by atoms with Crippen molar-refractivity contribution in [1.82, 2.24) is 0 Å². The number of ether oxygens (including phenoxy) is 3. The van der Waals surface area contributed by atoms with Crippen molar-refractivity contribution in [2.24, 2.45) is 0 Å². The molecule has 0 N–H and O–H groups in total. The predicted octanol–water partition coefficient (Wildman–Crippen LogP) is 23.4. The number of rotatable bonds is 59. The van der Waals surface area contributed by atoms with Gasteiger partial charge in [0.2, 0.25) is 0 Å². The Labute approximate surface area is 511 Å². The molecule has 0 rings (SSSR count). The highest BCUT2D eigenvalue weighted by Gasteiger charge is 2.19. The fourth-order valence-electron chi connectivity index (χ4n) is 8.71. The van der Waals surface area contributed by atoms with Crippen molar-refractivity contribution in [2.75, 3.05) is 13.2 Å². The van der Waals surface area contributed by atoms with Crippen LogP contribution in [0, 0.1) is 0 Å². The molecule has 0 fully saturated rings. The van der Waals surface area contributed by atoms with E-state index >= 15 is 0 Å². The van der Waals surface area contributed by atoms with Gasteiger partial charge in [-0.15, -0.1) is 0 Å². The zero-order valence-corrected chi connectivity index (χ0v) is 53.4. The number of allylic oxidation sites excluding steroid dienone is 28. The van der Waals surface area contributed by atoms with Gasteiger partial charge in [-0.1, -0.05) is 274 Å². The number of esters is 3. The fraction of sp³-hybridized carbons (Fsp3) is 0.597. The summed E-state index contributed by atoms with van der Waals surface area (Å²) in [6.07, 6.45) is 102. The van der Waals surface area contributed by atoms with E-state index in [9.17, 15) is 14.4 Å². The Morgan fingerprint density at radius 3 is 0.747 bits per heavy atom. The molecule has 0 saturated carbocycles. The Morgan fingerprint density at radius 1 is 0.253 bits per heavy atom. The first-order chi connectivity index (χ1) is 41.0. The first-order valence-corrected chi connectivity index (χ1v) is 33.6. The fourth-order valence-corrected chi connectivity index (χ4v) is 8.71. The first kappa shape index (κ1) is 77.8. The highest BCUT2D eigenvalue weighted by atomic mass is 16.6. The topological polar surface area (TPSA) is 78.9 Å². The van der Waals surface area contributed by atoms with Crippen molar-refractivity contribution in [3.05, 3.63) is 170 Å². The van der Waals surface area contributed by atoms with Crippen molar-refractivity contribution < 1.29 is 28.6 Å². The largest absolute Gasteiger partial charge is 0.462 e. The van der Waals surface area contributed by atoms with Gasteiger partial charge in [-0.2, -0.15) is 0 Å². The van der Waals surface area contributed by atoms with Crippen LogP contribution in [0.1, 0.15) is 278 Å². The molecule has 0 aromatic carbocycles. The maximum atomic E-state index is 12.9. The van der Waals surface area contributed by atoms with Gasteiger partial charge < -0.3 is 14.2 Å². The van der Waals surface area contributed by atoms with Gasteiger partial charge in [-0.05, 0) is 154 Å². The molecule has 6 heteroatoms. The van der Waals surface area contributed by atoms with Crippen LogP contribution in [0.25, 0.3) is 0 Å². The molecule has 0 aliphatic carbocycles. The zero-order chi connectivity index (χ0) is 59.9. The summed E-state index contributed by atoms with van der Waals surface area (Å²) in [6.45, 7) is 6.36. The molecular weight excluding hydrogens is 1020 g/mol. The normalized spacial score (nSPS) is 13.2. The van der Waals surface area contributed by atoms with E-state index in [1.165, 1.54) is 51.4 Å². The SMILES string of the molecule is CC/C=C\C/C=C\C/C=C\C/C=C\C/C=C\C/C=C\C/C=C\C/C=C\C/C=C\CCCCCCCC(=O)OCC(COC(=O)CCCCCCC/C=C\CCCCCC)OC(=O)CCCCCCCC/C=C\C/C=C\C/C=C\C/C=C\CC. The Hall–Kier alpha value is -5.23. The van der Waals surface area contributed by atoms with E-state index in [1.807, 2.05) is 0 Å². The third kappa shape index (κ3) is 67.4. The smallest absolute Gasteiger partial charge is 0.306 e. The number of hydrogen-bond acceptors (Lipinski definition) is 6. The summed E-state index contributed by atoms with van der Waals surface area (Å²) in [5, 5.41) is 0. The molecule has 6 nitrogen and oxygen atoms in total. The van der Waals surface area contributed by atoms with E-state index in [4.69, 9.17) is 14.2 Å². The van der Waals surface area contributed by atoms with Crippen LogP contribution in [0.2, 0.25) is 0 Å². The molecule has 83 heavy (non-hydrogen) atoms. The average molecular weight is 1140 g/mol. The molecule has 0 aromatic heterocycles. The van der Waals surface area contributed by atoms with Gasteiger partial charge >= 0.3 is 17.9 Å². The quantitative estimate of drug-likeness (QED) is 0.0261. The van der Waals surface area contributed by atoms with Gasteiger partial charge in [0.25, 0.3) is 0 Å². The third-order valence-electron chi connectivity index (χ3n) is 13.7. The van der Waals surface area contributed by atoms with Gasteiger partial charge in [0.15, 0.2) is 6.10 Å². The monoisotopic (exact) mass is 1140 g/mol. The Balaban J connectivity index is 4.39. The molecule has 0 bridgehead atoms. The summed E-state index contributed by atoms with van der Waals surface area (Å²) in [5.74, 6) is -0.946. The molecule has 0 aromatic rings. The van der Waals surface area contributed by atoms with Crippen molar-refractivity contribution in [3.8, 4) is 0 Å². The molecule has 0 amide bonds. The minimum Gasteiger partial charge on any atom is -0.462 e. The van der Waals surface area contributed by atoms with Crippen molar-refractivity contribution >= 4 is 17.9 Å². The van der Waals surface area contributed by atoms with Crippen LogP contribution >= 0.6 is 0 Å². The Kier molecular flexibility index (Phi) is 64.9. The lowest BCUT2D eigenvalue weighted by Crippen LogP contribution is -2.30. The summed E-state index contributed by atoms with van der Waals surface area (Å²) in [6, 6.07) is 0. The molecular formula is C77H122O6. The van der Waals surface area contributed by atoms with Crippen LogP contribution in [-0.2, 0) is 28.6 Å². The lowest BCUT2D eigenvalue weighted by atomic mass is 10.1. The summed E-state index contributed by atoms with van der Waals surface area (Å²) >= 11 is 0. The molecule has 1 atom stereocenters. The summed E-state index contributed by atoms with van der Waals surface area (Å²) in [7, 11) is 0. The number of hydrogen-bond donors (Lipinski definition) is 0. The molecule has 466 valence electrons. The molecule has 0 spiro atoms. The van der Waals surface area contributed by atoms with Crippen LogP contribution in [0.4, 0.5) is 0 Å². The summed E-state index contributed by atoms with van der Waals surface area (Å²) in [4.78, 5) is 38.3. The molecule has 0 heterocycles.